The van der Waals surface area contributed by atoms with Crippen LogP contribution in [0.4, 0.5) is 0 Å². The van der Waals surface area contributed by atoms with Crippen molar-refractivity contribution >= 4 is 10.9 Å². The number of rotatable bonds is 6. The topological polar surface area (TPSA) is 15.8 Å². The van der Waals surface area contributed by atoms with E-state index in [1.165, 1.54) is 72.1 Å². The average Bonchev–Trinajstić information content (AvgIpc) is 3.56. The molecule has 0 radical (unpaired) electrons. The summed E-state index contributed by atoms with van der Waals surface area (Å²) in [5.74, 6) is 0. The van der Waals surface area contributed by atoms with Gasteiger partial charge in [0.05, 0.1) is 0 Å². The lowest BCUT2D eigenvalue weighted by atomic mass is 9.89. The number of nitrogens with one attached hydrogen (secondary N) is 1. The number of aromatic amines is 1. The molecular weight excluding hydrogens is 542 g/mol. The Balaban J connectivity index is 1.30. The Morgan fingerprint density at radius 2 is 0.711 bits per heavy atom. The van der Waals surface area contributed by atoms with Gasteiger partial charge in [0.1, 0.15) is 0 Å². The molecule has 0 aliphatic heterocycles. The van der Waals surface area contributed by atoms with Gasteiger partial charge in [-0.3, -0.25) is 0 Å². The minimum Gasteiger partial charge on any atom is -0.361 e. The predicted molar refractivity (Wildman–Crippen MR) is 191 cm³/mol. The summed E-state index contributed by atoms with van der Waals surface area (Å²) < 4.78 is 0. The van der Waals surface area contributed by atoms with Gasteiger partial charge in [0, 0.05) is 22.7 Å². The van der Waals surface area contributed by atoms with Gasteiger partial charge in [0.25, 0.3) is 0 Å². The highest BCUT2D eigenvalue weighted by atomic mass is 14.7. The van der Waals surface area contributed by atoms with Crippen LogP contribution in [0.15, 0.2) is 182 Å². The summed E-state index contributed by atoms with van der Waals surface area (Å²) in [5.41, 5.74) is 15.7. The van der Waals surface area contributed by atoms with E-state index in [1.807, 2.05) is 0 Å². The van der Waals surface area contributed by atoms with Crippen LogP contribution in [0, 0.1) is 0 Å². The predicted octanol–water partition coefficient (Wildman–Crippen LogP) is 12.2. The van der Waals surface area contributed by atoms with Crippen LogP contribution in [-0.4, -0.2) is 4.98 Å². The lowest BCUT2D eigenvalue weighted by molar-refractivity contribution is 1.47. The summed E-state index contributed by atoms with van der Waals surface area (Å²) in [6, 6.07) is 63.2. The molecule has 0 atom stereocenters. The first-order valence-corrected chi connectivity index (χ1v) is 15.4. The van der Waals surface area contributed by atoms with Crippen LogP contribution in [0.25, 0.3) is 77.7 Å². The lowest BCUT2D eigenvalue weighted by Crippen LogP contribution is -1.89. The van der Waals surface area contributed by atoms with Gasteiger partial charge in [-0.1, -0.05) is 152 Å². The molecule has 45 heavy (non-hydrogen) atoms. The van der Waals surface area contributed by atoms with E-state index in [9.17, 15) is 0 Å². The third-order valence-corrected chi connectivity index (χ3v) is 8.71. The van der Waals surface area contributed by atoms with E-state index < -0.39 is 0 Å². The summed E-state index contributed by atoms with van der Waals surface area (Å²) in [5, 5.41) is 1.21. The molecule has 212 valence electrons. The normalized spacial score (nSPS) is 11.1. The first kappa shape index (κ1) is 26.7. The van der Waals surface area contributed by atoms with Gasteiger partial charge in [-0.15, -0.1) is 0 Å². The van der Waals surface area contributed by atoms with Crippen molar-refractivity contribution in [1.82, 2.24) is 4.98 Å². The second kappa shape index (κ2) is 11.6. The molecular formula is C44H31N. The van der Waals surface area contributed by atoms with E-state index in [-0.39, 0.29) is 0 Å². The molecule has 0 saturated carbocycles. The fourth-order valence-electron chi connectivity index (χ4n) is 6.42. The maximum absolute atomic E-state index is 3.57. The maximum atomic E-state index is 3.57. The summed E-state index contributed by atoms with van der Waals surface area (Å²) in [7, 11) is 0. The number of fused-ring (bicyclic) bond motifs is 1. The number of hydrogen-bond acceptors (Lipinski definition) is 0. The molecule has 0 spiro atoms. The van der Waals surface area contributed by atoms with Gasteiger partial charge in [0.15, 0.2) is 0 Å². The molecule has 1 heterocycles. The number of aromatic nitrogens is 1. The van der Waals surface area contributed by atoms with Gasteiger partial charge in [-0.05, 0) is 85.5 Å². The Bertz CT molecular complexity index is 2230. The fourth-order valence-corrected chi connectivity index (χ4v) is 6.42. The molecule has 1 nitrogen and oxygen atoms in total. The third kappa shape index (κ3) is 5.15. The van der Waals surface area contributed by atoms with E-state index in [0.29, 0.717) is 0 Å². The largest absolute Gasteiger partial charge is 0.361 e. The molecule has 1 aromatic heterocycles. The van der Waals surface area contributed by atoms with E-state index in [0.717, 1.165) is 5.52 Å². The zero-order valence-corrected chi connectivity index (χ0v) is 24.8. The minimum atomic E-state index is 1.13. The quantitative estimate of drug-likeness (QED) is 0.204. The van der Waals surface area contributed by atoms with E-state index in [4.69, 9.17) is 0 Å². The summed E-state index contributed by atoms with van der Waals surface area (Å²) in [6.07, 6.45) is 2.16. The number of benzene rings is 7. The third-order valence-electron chi connectivity index (χ3n) is 8.71. The highest BCUT2D eigenvalue weighted by Crippen LogP contribution is 2.41. The molecule has 7 aromatic carbocycles. The van der Waals surface area contributed by atoms with Gasteiger partial charge in [-0.2, -0.15) is 0 Å². The Labute approximate surface area is 264 Å². The zero-order chi connectivity index (χ0) is 30.0. The fraction of sp³-hybridized carbons (Fsp3) is 0. The highest BCUT2D eigenvalue weighted by Gasteiger charge is 2.16. The van der Waals surface area contributed by atoms with Crippen molar-refractivity contribution in [2.45, 2.75) is 0 Å². The van der Waals surface area contributed by atoms with Gasteiger partial charge >= 0.3 is 0 Å². The van der Waals surface area contributed by atoms with E-state index in [2.05, 4.69) is 187 Å². The SMILES string of the molecule is c1ccc(-c2ccc(-c3ccc4[nH]cc(-c5ccc(-c6ccccc6)cc5-c5ccccc5)c4c3)c(-c3ccccc3)c2)cc1. The molecule has 0 unspecified atom stereocenters. The summed E-state index contributed by atoms with van der Waals surface area (Å²) in [4.78, 5) is 3.57. The smallest absolute Gasteiger partial charge is 0.0460 e. The first-order valence-electron chi connectivity index (χ1n) is 15.4. The highest BCUT2D eigenvalue weighted by molar-refractivity contribution is 6.03. The molecule has 0 aliphatic carbocycles. The van der Waals surface area contributed by atoms with Crippen LogP contribution >= 0.6 is 0 Å². The van der Waals surface area contributed by atoms with Gasteiger partial charge in [0.2, 0.25) is 0 Å². The minimum absolute atomic E-state index is 1.13. The monoisotopic (exact) mass is 573 g/mol. The van der Waals surface area contributed by atoms with Crippen molar-refractivity contribution in [1.29, 1.82) is 0 Å². The van der Waals surface area contributed by atoms with E-state index in [1.54, 1.807) is 0 Å². The van der Waals surface area contributed by atoms with Crippen molar-refractivity contribution in [2.75, 3.05) is 0 Å². The van der Waals surface area contributed by atoms with Crippen LogP contribution in [0.3, 0.4) is 0 Å². The van der Waals surface area contributed by atoms with Crippen LogP contribution in [0.5, 0.6) is 0 Å². The second-order valence-electron chi connectivity index (χ2n) is 11.4. The molecule has 0 amide bonds. The summed E-state index contributed by atoms with van der Waals surface area (Å²) in [6.45, 7) is 0. The molecule has 8 aromatic rings. The van der Waals surface area contributed by atoms with Crippen LogP contribution < -0.4 is 0 Å². The number of hydrogen-bond donors (Lipinski definition) is 1. The van der Waals surface area contributed by atoms with Crippen LogP contribution in [-0.2, 0) is 0 Å². The second-order valence-corrected chi connectivity index (χ2v) is 11.4. The Kier molecular flexibility index (Phi) is 6.90. The standard InChI is InChI=1S/C44H31N/c1-5-13-31(14-6-1)35-21-24-38(40(27-35)33-17-9-3-10-18-33)37-23-26-44-42(29-37)43(30-45-44)39-25-22-36(32-15-7-2-8-16-32)28-41(39)34-19-11-4-12-20-34/h1-30,45H. The molecule has 1 heteroatoms. The first-order chi connectivity index (χ1) is 22.3. The Hall–Kier alpha value is -5.92. The molecule has 8 rings (SSSR count). The number of H-pyrrole nitrogens is 1. The van der Waals surface area contributed by atoms with Crippen molar-refractivity contribution < 1.29 is 0 Å². The van der Waals surface area contributed by atoms with Crippen LogP contribution in [0.2, 0.25) is 0 Å². The zero-order valence-electron chi connectivity index (χ0n) is 24.8. The maximum Gasteiger partial charge on any atom is 0.0460 e. The lowest BCUT2D eigenvalue weighted by Gasteiger charge is -2.15. The summed E-state index contributed by atoms with van der Waals surface area (Å²) >= 11 is 0. The molecule has 0 bridgehead atoms. The average molecular weight is 574 g/mol. The van der Waals surface area contributed by atoms with Gasteiger partial charge < -0.3 is 4.98 Å². The Morgan fingerprint density at radius 1 is 0.267 bits per heavy atom. The van der Waals surface area contributed by atoms with Crippen molar-refractivity contribution in [2.24, 2.45) is 0 Å². The van der Waals surface area contributed by atoms with Crippen LogP contribution in [0.1, 0.15) is 0 Å². The van der Waals surface area contributed by atoms with Crippen molar-refractivity contribution in [3.05, 3.63) is 182 Å². The molecule has 1 N–H and O–H groups in total. The molecule has 0 aliphatic rings. The molecule has 0 saturated heterocycles. The molecule has 0 fully saturated rings. The van der Waals surface area contributed by atoms with Crippen molar-refractivity contribution in [3.63, 3.8) is 0 Å². The van der Waals surface area contributed by atoms with Crippen molar-refractivity contribution in [3.8, 4) is 66.8 Å². The Morgan fingerprint density at radius 3 is 1.24 bits per heavy atom. The van der Waals surface area contributed by atoms with Gasteiger partial charge in [-0.25, -0.2) is 0 Å². The van der Waals surface area contributed by atoms with E-state index >= 15 is 0 Å².